The van der Waals surface area contributed by atoms with Crippen LogP contribution in [0.2, 0.25) is 0 Å². The average molecular weight is 442 g/mol. The molecule has 0 bridgehead atoms. The molecule has 1 aromatic heterocycles. The minimum Gasteiger partial charge on any atom is -0.416 e. The molecule has 4 rings (SSSR count). The third-order valence-corrected chi connectivity index (χ3v) is 5.44. The second-order valence-electron chi connectivity index (χ2n) is 7.84. The van der Waals surface area contributed by atoms with Gasteiger partial charge in [0.25, 0.3) is 5.91 Å². The Morgan fingerprint density at radius 2 is 1.64 bits per heavy atom. The Kier molecular flexibility index (Phi) is 7.27. The minimum absolute atomic E-state index is 0.0328. The van der Waals surface area contributed by atoms with Crippen LogP contribution in [0.3, 0.4) is 0 Å². The van der Waals surface area contributed by atoms with Crippen molar-refractivity contribution in [3.63, 3.8) is 0 Å². The molecular formula is C27H27N3O3. The van der Waals surface area contributed by atoms with Crippen LogP contribution in [0.5, 0.6) is 0 Å². The minimum atomic E-state index is -0.121. The van der Waals surface area contributed by atoms with Crippen LogP contribution >= 0.6 is 0 Å². The Balaban J connectivity index is 1.26. The zero-order valence-corrected chi connectivity index (χ0v) is 18.8. The molecule has 1 unspecified atom stereocenters. The van der Waals surface area contributed by atoms with E-state index in [-0.39, 0.29) is 12.0 Å². The van der Waals surface area contributed by atoms with E-state index in [1.54, 1.807) is 12.1 Å². The SMILES string of the molecule is Cc1ccccc1-c1nnc(-c2ccc(C(=O)NCCCOC(C)c3ccccc3)cc2)o1. The van der Waals surface area contributed by atoms with Gasteiger partial charge in [-0.1, -0.05) is 48.5 Å². The van der Waals surface area contributed by atoms with E-state index in [0.29, 0.717) is 30.5 Å². The average Bonchev–Trinajstić information content (AvgIpc) is 3.34. The molecule has 1 amide bonds. The summed E-state index contributed by atoms with van der Waals surface area (Å²) in [6.07, 6.45) is 0.774. The standard InChI is InChI=1S/C27H27N3O3/c1-19-9-6-7-12-24(19)27-30-29-26(33-27)23-15-13-22(14-16-23)25(31)28-17-8-18-32-20(2)21-10-4-3-5-11-21/h3-7,9-16,20H,8,17-18H2,1-2H3,(H,28,31). The highest BCUT2D eigenvalue weighted by atomic mass is 16.5. The molecule has 3 aromatic carbocycles. The molecule has 0 saturated heterocycles. The van der Waals surface area contributed by atoms with Gasteiger partial charge in [0.2, 0.25) is 11.8 Å². The van der Waals surface area contributed by atoms with Crippen molar-refractivity contribution in [1.82, 2.24) is 15.5 Å². The summed E-state index contributed by atoms with van der Waals surface area (Å²) in [4.78, 5) is 12.4. The Bertz CT molecular complexity index is 1190. The number of carbonyl (C=O) groups is 1. The normalized spacial score (nSPS) is 11.8. The second-order valence-corrected chi connectivity index (χ2v) is 7.84. The molecule has 6 heteroatoms. The number of nitrogens with one attached hydrogen (secondary N) is 1. The number of aromatic nitrogens is 2. The molecule has 0 aliphatic heterocycles. The van der Waals surface area contributed by atoms with Crippen LogP contribution in [0, 0.1) is 6.92 Å². The highest BCUT2D eigenvalue weighted by Crippen LogP contribution is 2.26. The highest BCUT2D eigenvalue weighted by Gasteiger charge is 2.13. The van der Waals surface area contributed by atoms with Crippen molar-refractivity contribution in [2.24, 2.45) is 0 Å². The van der Waals surface area contributed by atoms with Crippen molar-refractivity contribution in [1.29, 1.82) is 0 Å². The van der Waals surface area contributed by atoms with Gasteiger partial charge in [0, 0.05) is 29.8 Å². The van der Waals surface area contributed by atoms with E-state index in [1.165, 1.54) is 0 Å². The van der Waals surface area contributed by atoms with Gasteiger partial charge in [-0.2, -0.15) is 0 Å². The smallest absolute Gasteiger partial charge is 0.251 e. The molecule has 1 N–H and O–H groups in total. The van der Waals surface area contributed by atoms with E-state index in [1.807, 2.05) is 80.6 Å². The molecule has 168 valence electrons. The fourth-order valence-electron chi connectivity index (χ4n) is 3.48. The van der Waals surface area contributed by atoms with E-state index >= 15 is 0 Å². The molecule has 0 aliphatic carbocycles. The van der Waals surface area contributed by atoms with Crippen molar-refractivity contribution in [2.45, 2.75) is 26.4 Å². The summed E-state index contributed by atoms with van der Waals surface area (Å²) in [5.74, 6) is 0.780. The lowest BCUT2D eigenvalue weighted by Crippen LogP contribution is -2.25. The number of aryl methyl sites for hydroxylation is 1. The molecule has 4 aromatic rings. The molecule has 1 atom stereocenters. The summed E-state index contributed by atoms with van der Waals surface area (Å²) >= 11 is 0. The molecule has 0 spiro atoms. The first kappa shape index (κ1) is 22.4. The van der Waals surface area contributed by atoms with Crippen molar-refractivity contribution in [3.05, 3.63) is 95.6 Å². The van der Waals surface area contributed by atoms with Crippen LogP contribution in [0.15, 0.2) is 83.3 Å². The summed E-state index contributed by atoms with van der Waals surface area (Å²) in [6, 6.07) is 25.1. The number of rotatable bonds is 9. The quantitative estimate of drug-likeness (QED) is 0.342. The lowest BCUT2D eigenvalue weighted by molar-refractivity contribution is 0.0635. The second kappa shape index (κ2) is 10.7. The monoisotopic (exact) mass is 441 g/mol. The first-order chi connectivity index (χ1) is 16.1. The summed E-state index contributed by atoms with van der Waals surface area (Å²) in [5.41, 5.74) is 4.47. The summed E-state index contributed by atoms with van der Waals surface area (Å²) < 4.78 is 11.7. The van der Waals surface area contributed by atoms with Crippen LogP contribution < -0.4 is 5.32 Å². The zero-order chi connectivity index (χ0) is 23.0. The third-order valence-electron chi connectivity index (χ3n) is 5.44. The van der Waals surface area contributed by atoms with E-state index in [2.05, 4.69) is 15.5 Å². The Morgan fingerprint density at radius 1 is 0.939 bits per heavy atom. The largest absolute Gasteiger partial charge is 0.416 e. The summed E-state index contributed by atoms with van der Waals surface area (Å²) in [5, 5.41) is 11.2. The lowest BCUT2D eigenvalue weighted by Gasteiger charge is -2.13. The van der Waals surface area contributed by atoms with E-state index < -0.39 is 0 Å². The molecule has 0 aliphatic rings. The van der Waals surface area contributed by atoms with Gasteiger partial charge < -0.3 is 14.5 Å². The summed E-state index contributed by atoms with van der Waals surface area (Å²) in [7, 11) is 0. The van der Waals surface area contributed by atoms with Gasteiger partial charge in [-0.25, -0.2) is 0 Å². The molecule has 0 fully saturated rings. The van der Waals surface area contributed by atoms with Gasteiger partial charge in [0.1, 0.15) is 0 Å². The molecule has 0 radical (unpaired) electrons. The van der Waals surface area contributed by atoms with Crippen molar-refractivity contribution >= 4 is 5.91 Å². The van der Waals surface area contributed by atoms with Gasteiger partial charge in [-0.05, 0) is 61.7 Å². The topological polar surface area (TPSA) is 77.2 Å². The summed E-state index contributed by atoms with van der Waals surface area (Å²) in [6.45, 7) is 5.16. The number of amides is 1. The van der Waals surface area contributed by atoms with Crippen molar-refractivity contribution in [2.75, 3.05) is 13.2 Å². The van der Waals surface area contributed by atoms with E-state index in [9.17, 15) is 4.79 Å². The van der Waals surface area contributed by atoms with Crippen LogP contribution in [0.25, 0.3) is 22.9 Å². The third kappa shape index (κ3) is 5.73. The van der Waals surface area contributed by atoms with Gasteiger partial charge in [-0.15, -0.1) is 10.2 Å². The number of ether oxygens (including phenoxy) is 1. The van der Waals surface area contributed by atoms with Crippen LogP contribution in [-0.2, 0) is 4.74 Å². The fraction of sp³-hybridized carbons (Fsp3) is 0.222. The van der Waals surface area contributed by atoms with Crippen LogP contribution in [0.1, 0.15) is 40.9 Å². The number of hydrogen-bond donors (Lipinski definition) is 1. The number of hydrogen-bond acceptors (Lipinski definition) is 5. The predicted octanol–water partition coefficient (Wildman–Crippen LogP) is 5.61. The number of benzene rings is 3. The fourth-order valence-corrected chi connectivity index (χ4v) is 3.48. The molecule has 0 saturated carbocycles. The van der Waals surface area contributed by atoms with Gasteiger partial charge in [-0.3, -0.25) is 4.79 Å². The maximum absolute atomic E-state index is 12.4. The van der Waals surface area contributed by atoms with Crippen molar-refractivity contribution < 1.29 is 13.9 Å². The first-order valence-electron chi connectivity index (χ1n) is 11.1. The number of carbonyl (C=O) groups excluding carboxylic acids is 1. The molecule has 33 heavy (non-hydrogen) atoms. The molecular weight excluding hydrogens is 414 g/mol. The Hall–Kier alpha value is -3.77. The Morgan fingerprint density at radius 3 is 2.39 bits per heavy atom. The predicted molar refractivity (Wildman–Crippen MR) is 128 cm³/mol. The Labute approximate surface area is 193 Å². The van der Waals surface area contributed by atoms with Gasteiger partial charge in [0.15, 0.2) is 0 Å². The number of nitrogens with zero attached hydrogens (tertiary/aromatic N) is 2. The maximum atomic E-state index is 12.4. The van der Waals surface area contributed by atoms with Gasteiger partial charge >= 0.3 is 0 Å². The van der Waals surface area contributed by atoms with Crippen LogP contribution in [0.4, 0.5) is 0 Å². The van der Waals surface area contributed by atoms with Crippen molar-refractivity contribution in [3.8, 4) is 22.9 Å². The first-order valence-corrected chi connectivity index (χ1v) is 11.1. The van der Waals surface area contributed by atoms with E-state index in [4.69, 9.17) is 9.15 Å². The lowest BCUT2D eigenvalue weighted by atomic mass is 10.1. The molecule has 1 heterocycles. The highest BCUT2D eigenvalue weighted by molar-refractivity contribution is 5.94. The van der Waals surface area contributed by atoms with Crippen LogP contribution in [-0.4, -0.2) is 29.3 Å². The maximum Gasteiger partial charge on any atom is 0.251 e. The zero-order valence-electron chi connectivity index (χ0n) is 18.8. The van der Waals surface area contributed by atoms with Gasteiger partial charge in [0.05, 0.1) is 6.10 Å². The molecule has 6 nitrogen and oxygen atoms in total. The van der Waals surface area contributed by atoms with E-state index in [0.717, 1.165) is 28.7 Å².